The predicted octanol–water partition coefficient (Wildman–Crippen LogP) is 3.29. The average molecular weight is 341 g/mol. The third-order valence-corrected chi connectivity index (χ3v) is 3.44. The van der Waals surface area contributed by atoms with E-state index < -0.39 is 6.10 Å². The summed E-state index contributed by atoms with van der Waals surface area (Å²) in [5, 5.41) is 12.7. The van der Waals surface area contributed by atoms with E-state index in [1.54, 1.807) is 25.1 Å². The molecule has 1 amide bonds. The highest BCUT2D eigenvalue weighted by molar-refractivity contribution is 6.35. The number of nitrogens with zero attached hydrogens (tertiary/aromatic N) is 1. The summed E-state index contributed by atoms with van der Waals surface area (Å²) in [5.41, 5.74) is 1.01. The van der Waals surface area contributed by atoms with Gasteiger partial charge in [0, 0.05) is 16.8 Å². The number of amides is 1. The van der Waals surface area contributed by atoms with Crippen LogP contribution < -0.4 is 10.1 Å². The maximum Gasteiger partial charge on any atom is 0.265 e. The maximum atomic E-state index is 12.1. The third-order valence-electron chi connectivity index (χ3n) is 2.91. The number of pyridine rings is 1. The number of hydrogen-bond donors (Lipinski definition) is 2. The highest BCUT2D eigenvalue weighted by atomic mass is 35.5. The summed E-state index contributed by atoms with van der Waals surface area (Å²) in [6, 6.07) is 6.38. The molecule has 0 aliphatic rings. The molecule has 7 heteroatoms. The van der Waals surface area contributed by atoms with Gasteiger partial charge in [-0.2, -0.15) is 0 Å². The van der Waals surface area contributed by atoms with Crippen LogP contribution in [0.25, 0.3) is 0 Å². The Hall–Kier alpha value is -1.82. The van der Waals surface area contributed by atoms with Crippen LogP contribution in [0.5, 0.6) is 5.75 Å². The Morgan fingerprint density at radius 3 is 2.86 bits per heavy atom. The van der Waals surface area contributed by atoms with E-state index in [1.807, 2.05) is 0 Å². The van der Waals surface area contributed by atoms with Crippen LogP contribution in [0.15, 0.2) is 36.7 Å². The van der Waals surface area contributed by atoms with Gasteiger partial charge in [0.05, 0.1) is 23.5 Å². The number of aliphatic hydroxyl groups is 1. The minimum absolute atomic E-state index is 0.198. The summed E-state index contributed by atoms with van der Waals surface area (Å²) in [5.74, 6) is -0.0176. The molecule has 0 spiro atoms. The molecule has 22 heavy (non-hydrogen) atoms. The van der Waals surface area contributed by atoms with Gasteiger partial charge in [-0.15, -0.1) is 0 Å². The van der Waals surface area contributed by atoms with Crippen LogP contribution in [-0.4, -0.2) is 22.1 Å². The highest BCUT2D eigenvalue weighted by Gasteiger charge is 2.17. The Labute approximate surface area is 137 Å². The van der Waals surface area contributed by atoms with Crippen LogP contribution >= 0.6 is 23.2 Å². The van der Waals surface area contributed by atoms with Crippen LogP contribution in [0.1, 0.15) is 12.5 Å². The Balaban J connectivity index is 2.06. The second kappa shape index (κ2) is 7.45. The van der Waals surface area contributed by atoms with Gasteiger partial charge >= 0.3 is 0 Å². The number of hydrogen-bond acceptors (Lipinski definition) is 4. The van der Waals surface area contributed by atoms with E-state index in [0.717, 1.165) is 0 Å². The van der Waals surface area contributed by atoms with Gasteiger partial charge in [-0.25, -0.2) is 0 Å². The molecule has 1 unspecified atom stereocenters. The summed E-state index contributed by atoms with van der Waals surface area (Å²) in [7, 11) is 0. The van der Waals surface area contributed by atoms with Crippen molar-refractivity contribution in [3.8, 4) is 5.75 Å². The lowest BCUT2D eigenvalue weighted by molar-refractivity contribution is -0.122. The third kappa shape index (κ3) is 4.10. The van der Waals surface area contributed by atoms with Crippen LogP contribution in [0.4, 0.5) is 5.69 Å². The largest absolute Gasteiger partial charge is 0.479 e. The van der Waals surface area contributed by atoms with Gasteiger partial charge in [0.15, 0.2) is 6.10 Å². The van der Waals surface area contributed by atoms with Gasteiger partial charge in [-0.05, 0) is 31.2 Å². The molecule has 0 radical (unpaired) electrons. The van der Waals surface area contributed by atoms with Crippen molar-refractivity contribution < 1.29 is 14.6 Å². The fraction of sp³-hybridized carbons (Fsp3) is 0.200. The summed E-state index contributed by atoms with van der Waals surface area (Å²) in [6.07, 6.45) is 2.21. The molecule has 1 aromatic carbocycles. The molecule has 0 saturated carbocycles. The molecular weight excluding hydrogens is 327 g/mol. The molecule has 2 aromatic rings. The number of aliphatic hydroxyl groups excluding tert-OH is 1. The number of rotatable bonds is 5. The van der Waals surface area contributed by atoms with Gasteiger partial charge in [0.2, 0.25) is 0 Å². The SMILES string of the molecule is CC(Oc1ccc(Cl)cc1Cl)C(=O)Nc1cnccc1CO. The number of carbonyl (C=O) groups excluding carboxylic acids is 1. The zero-order chi connectivity index (χ0) is 16.1. The van der Waals surface area contributed by atoms with Crippen LogP contribution in [0.2, 0.25) is 10.0 Å². The minimum atomic E-state index is -0.787. The number of nitrogens with one attached hydrogen (secondary N) is 1. The Morgan fingerprint density at radius 1 is 1.41 bits per heavy atom. The topological polar surface area (TPSA) is 71.5 Å². The van der Waals surface area contributed by atoms with Gasteiger partial charge < -0.3 is 15.2 Å². The number of halogens is 2. The van der Waals surface area contributed by atoms with E-state index in [-0.39, 0.29) is 12.5 Å². The van der Waals surface area contributed by atoms with Crippen molar-refractivity contribution >= 4 is 34.8 Å². The van der Waals surface area contributed by atoms with Crippen LogP contribution in [-0.2, 0) is 11.4 Å². The van der Waals surface area contributed by atoms with Crippen molar-refractivity contribution in [2.45, 2.75) is 19.6 Å². The molecule has 0 aliphatic heterocycles. The second-order valence-electron chi connectivity index (χ2n) is 4.52. The number of ether oxygens (including phenoxy) is 1. The minimum Gasteiger partial charge on any atom is -0.479 e. The first-order chi connectivity index (χ1) is 10.5. The van der Waals surface area contributed by atoms with Crippen molar-refractivity contribution in [3.63, 3.8) is 0 Å². The second-order valence-corrected chi connectivity index (χ2v) is 5.36. The smallest absolute Gasteiger partial charge is 0.265 e. The fourth-order valence-corrected chi connectivity index (χ4v) is 2.18. The Bertz CT molecular complexity index is 680. The van der Waals surface area contributed by atoms with Crippen molar-refractivity contribution in [1.82, 2.24) is 4.98 Å². The van der Waals surface area contributed by atoms with E-state index in [0.29, 0.717) is 27.0 Å². The number of anilines is 1. The van der Waals surface area contributed by atoms with E-state index in [2.05, 4.69) is 10.3 Å². The lowest BCUT2D eigenvalue weighted by Gasteiger charge is -2.16. The fourth-order valence-electron chi connectivity index (χ4n) is 1.72. The molecule has 5 nitrogen and oxygen atoms in total. The molecule has 0 saturated heterocycles. The molecule has 0 bridgehead atoms. The summed E-state index contributed by atoms with van der Waals surface area (Å²) in [6.45, 7) is 1.39. The molecular formula is C15H14Cl2N2O3. The van der Waals surface area contributed by atoms with E-state index >= 15 is 0 Å². The monoisotopic (exact) mass is 340 g/mol. The van der Waals surface area contributed by atoms with E-state index in [4.69, 9.17) is 27.9 Å². The highest BCUT2D eigenvalue weighted by Crippen LogP contribution is 2.28. The maximum absolute atomic E-state index is 12.1. The molecule has 1 heterocycles. The lowest BCUT2D eigenvalue weighted by Crippen LogP contribution is -2.30. The molecule has 0 fully saturated rings. The first-order valence-corrected chi connectivity index (χ1v) is 7.23. The number of benzene rings is 1. The van der Waals surface area contributed by atoms with E-state index in [1.165, 1.54) is 18.5 Å². The standard InChI is InChI=1S/C15H14Cl2N2O3/c1-9(22-14-3-2-11(16)6-12(14)17)15(21)19-13-7-18-5-4-10(13)8-20/h2-7,9,20H,8H2,1H3,(H,19,21). The van der Waals surface area contributed by atoms with Crippen molar-refractivity contribution in [3.05, 3.63) is 52.3 Å². The Kier molecular flexibility index (Phi) is 5.60. The quantitative estimate of drug-likeness (QED) is 0.875. The summed E-state index contributed by atoms with van der Waals surface area (Å²) < 4.78 is 5.52. The zero-order valence-electron chi connectivity index (χ0n) is 11.7. The molecule has 2 rings (SSSR count). The van der Waals surface area contributed by atoms with Crippen molar-refractivity contribution in [1.29, 1.82) is 0 Å². The van der Waals surface area contributed by atoms with Crippen molar-refractivity contribution in [2.24, 2.45) is 0 Å². The molecule has 0 aliphatic carbocycles. The van der Waals surface area contributed by atoms with Gasteiger partial charge in [0.1, 0.15) is 5.75 Å². The van der Waals surface area contributed by atoms with Gasteiger partial charge in [0.25, 0.3) is 5.91 Å². The molecule has 1 atom stereocenters. The Morgan fingerprint density at radius 2 is 2.18 bits per heavy atom. The van der Waals surface area contributed by atoms with Gasteiger partial charge in [-0.3, -0.25) is 9.78 Å². The summed E-state index contributed by atoms with van der Waals surface area (Å²) >= 11 is 11.8. The van der Waals surface area contributed by atoms with Gasteiger partial charge in [-0.1, -0.05) is 23.2 Å². The normalized spacial score (nSPS) is 11.8. The number of carbonyl (C=O) groups is 1. The van der Waals surface area contributed by atoms with Crippen molar-refractivity contribution in [2.75, 3.05) is 5.32 Å². The van der Waals surface area contributed by atoms with E-state index in [9.17, 15) is 9.90 Å². The molecule has 116 valence electrons. The summed E-state index contributed by atoms with van der Waals surface area (Å²) in [4.78, 5) is 16.1. The number of aromatic nitrogens is 1. The zero-order valence-corrected chi connectivity index (χ0v) is 13.2. The first kappa shape index (κ1) is 16.5. The first-order valence-electron chi connectivity index (χ1n) is 6.47. The molecule has 1 aromatic heterocycles. The average Bonchev–Trinajstić information content (AvgIpc) is 2.50. The molecule has 2 N–H and O–H groups in total. The predicted molar refractivity (Wildman–Crippen MR) is 85.3 cm³/mol. The van der Waals surface area contributed by atoms with Crippen LogP contribution in [0.3, 0.4) is 0 Å². The van der Waals surface area contributed by atoms with Crippen LogP contribution in [0, 0.1) is 0 Å². The lowest BCUT2D eigenvalue weighted by atomic mass is 10.2.